The van der Waals surface area contributed by atoms with Crippen LogP contribution in [0.5, 0.6) is 0 Å². The van der Waals surface area contributed by atoms with E-state index in [1.165, 1.54) is 9.13 Å². The van der Waals surface area contributed by atoms with Crippen molar-refractivity contribution in [3.63, 3.8) is 0 Å². The van der Waals surface area contributed by atoms with Gasteiger partial charge in [0.25, 0.3) is 0 Å². The number of aliphatic hydroxyl groups is 1. The zero-order chi connectivity index (χ0) is 12.8. The predicted octanol–water partition coefficient (Wildman–Crippen LogP) is 3.11. The Bertz CT molecular complexity index is 470. The smallest absolute Gasteiger partial charge is 0.0914 e. The van der Waals surface area contributed by atoms with Gasteiger partial charge in [-0.1, -0.05) is 42.5 Å². The van der Waals surface area contributed by atoms with Crippen LogP contribution in [-0.4, -0.2) is 11.7 Å². The molecule has 0 saturated heterocycles. The minimum absolute atomic E-state index is 0.449. The molecule has 0 spiro atoms. The van der Waals surface area contributed by atoms with Crippen molar-refractivity contribution in [3.05, 3.63) is 69.3 Å². The summed E-state index contributed by atoms with van der Waals surface area (Å²) in [6.45, 7) is 1.34. The molecule has 18 heavy (non-hydrogen) atoms. The van der Waals surface area contributed by atoms with E-state index < -0.39 is 6.10 Å². The Morgan fingerprint density at radius 3 is 2.33 bits per heavy atom. The Kier molecular flexibility index (Phi) is 5.16. The van der Waals surface area contributed by atoms with Gasteiger partial charge in [-0.15, -0.1) is 0 Å². The molecule has 0 aliphatic carbocycles. The maximum atomic E-state index is 9.98. The van der Waals surface area contributed by atoms with Crippen LogP contribution >= 0.6 is 22.6 Å². The number of halogens is 1. The summed E-state index contributed by atoms with van der Waals surface area (Å²) in [6, 6.07) is 18.1. The van der Waals surface area contributed by atoms with Gasteiger partial charge in [-0.3, -0.25) is 0 Å². The average Bonchev–Trinajstić information content (AvgIpc) is 2.42. The van der Waals surface area contributed by atoms with Gasteiger partial charge >= 0.3 is 0 Å². The number of rotatable bonds is 5. The van der Waals surface area contributed by atoms with E-state index in [9.17, 15) is 5.11 Å². The van der Waals surface area contributed by atoms with Crippen molar-refractivity contribution in [3.8, 4) is 0 Å². The second-order valence-corrected chi connectivity index (χ2v) is 5.43. The Labute approximate surface area is 121 Å². The van der Waals surface area contributed by atoms with Gasteiger partial charge in [0.1, 0.15) is 0 Å². The summed E-state index contributed by atoms with van der Waals surface area (Å²) < 4.78 is 1.24. The van der Waals surface area contributed by atoms with Crippen molar-refractivity contribution in [1.82, 2.24) is 5.32 Å². The molecule has 0 heterocycles. The number of hydrogen-bond donors (Lipinski definition) is 2. The molecule has 2 nitrogen and oxygen atoms in total. The molecule has 0 radical (unpaired) electrons. The van der Waals surface area contributed by atoms with Crippen LogP contribution in [0.15, 0.2) is 54.6 Å². The standard InChI is InChI=1S/C15H16INO/c16-14-8-6-12(7-9-14)10-17-11-15(18)13-4-2-1-3-5-13/h1-9,15,17-18H,10-11H2. The maximum absolute atomic E-state index is 9.98. The Balaban J connectivity index is 1.80. The fraction of sp³-hybridized carbons (Fsp3) is 0.200. The highest BCUT2D eigenvalue weighted by molar-refractivity contribution is 14.1. The first kappa shape index (κ1) is 13.5. The average molecular weight is 353 g/mol. The normalized spacial score (nSPS) is 12.3. The molecule has 0 fully saturated rings. The molecule has 2 aromatic rings. The van der Waals surface area contributed by atoms with Crippen LogP contribution in [0.25, 0.3) is 0 Å². The highest BCUT2D eigenvalue weighted by Crippen LogP contribution is 2.11. The molecule has 2 N–H and O–H groups in total. The molecule has 0 amide bonds. The van der Waals surface area contributed by atoms with Crippen LogP contribution in [-0.2, 0) is 6.54 Å². The fourth-order valence-electron chi connectivity index (χ4n) is 1.75. The molecule has 0 aliphatic heterocycles. The third-order valence-corrected chi connectivity index (χ3v) is 3.48. The minimum Gasteiger partial charge on any atom is -0.387 e. The largest absolute Gasteiger partial charge is 0.387 e. The molecule has 1 unspecified atom stereocenters. The molecule has 0 aromatic heterocycles. The Hall–Kier alpha value is -0.910. The lowest BCUT2D eigenvalue weighted by molar-refractivity contribution is 0.174. The van der Waals surface area contributed by atoms with Crippen LogP contribution in [0.4, 0.5) is 0 Å². The predicted molar refractivity (Wildman–Crippen MR) is 82.3 cm³/mol. The van der Waals surface area contributed by atoms with Crippen LogP contribution in [0.1, 0.15) is 17.2 Å². The zero-order valence-electron chi connectivity index (χ0n) is 10.0. The quantitative estimate of drug-likeness (QED) is 0.810. The summed E-state index contributed by atoms with van der Waals surface area (Å²) in [6.07, 6.45) is -0.449. The van der Waals surface area contributed by atoms with Gasteiger partial charge in [0, 0.05) is 16.7 Å². The molecule has 1 atom stereocenters. The second-order valence-electron chi connectivity index (χ2n) is 4.18. The summed E-state index contributed by atoms with van der Waals surface area (Å²) in [4.78, 5) is 0. The Morgan fingerprint density at radius 2 is 1.67 bits per heavy atom. The lowest BCUT2D eigenvalue weighted by Crippen LogP contribution is -2.20. The first-order chi connectivity index (χ1) is 8.75. The van der Waals surface area contributed by atoms with Gasteiger partial charge in [-0.2, -0.15) is 0 Å². The van der Waals surface area contributed by atoms with Crippen molar-refractivity contribution in [2.45, 2.75) is 12.6 Å². The van der Waals surface area contributed by atoms with Crippen LogP contribution < -0.4 is 5.32 Å². The van der Waals surface area contributed by atoms with Crippen molar-refractivity contribution in [1.29, 1.82) is 0 Å². The fourth-order valence-corrected chi connectivity index (χ4v) is 2.11. The first-order valence-corrected chi connectivity index (χ1v) is 7.02. The van der Waals surface area contributed by atoms with E-state index >= 15 is 0 Å². The number of benzene rings is 2. The second kappa shape index (κ2) is 6.87. The lowest BCUT2D eigenvalue weighted by atomic mass is 10.1. The van der Waals surface area contributed by atoms with E-state index in [1.807, 2.05) is 30.3 Å². The van der Waals surface area contributed by atoms with E-state index in [1.54, 1.807) is 0 Å². The monoisotopic (exact) mass is 353 g/mol. The number of aliphatic hydroxyl groups excluding tert-OH is 1. The van der Waals surface area contributed by atoms with Gasteiger partial charge in [-0.05, 0) is 45.9 Å². The van der Waals surface area contributed by atoms with Gasteiger partial charge in [0.05, 0.1) is 6.10 Å². The van der Waals surface area contributed by atoms with E-state index in [2.05, 4.69) is 52.2 Å². The number of nitrogens with one attached hydrogen (secondary N) is 1. The zero-order valence-corrected chi connectivity index (χ0v) is 12.2. The van der Waals surface area contributed by atoms with Crippen LogP contribution in [0, 0.1) is 3.57 Å². The van der Waals surface area contributed by atoms with E-state index in [-0.39, 0.29) is 0 Å². The topological polar surface area (TPSA) is 32.3 Å². The summed E-state index contributed by atoms with van der Waals surface area (Å²) in [5.74, 6) is 0. The SMILES string of the molecule is OC(CNCc1ccc(I)cc1)c1ccccc1. The molecule has 2 rings (SSSR count). The van der Waals surface area contributed by atoms with Crippen LogP contribution in [0.2, 0.25) is 0 Å². The molecule has 2 aromatic carbocycles. The molecule has 0 bridgehead atoms. The van der Waals surface area contributed by atoms with Crippen molar-refractivity contribution in [2.75, 3.05) is 6.54 Å². The third kappa shape index (κ3) is 4.08. The molecule has 94 valence electrons. The van der Waals surface area contributed by atoms with E-state index in [0.717, 1.165) is 12.1 Å². The summed E-state index contributed by atoms with van der Waals surface area (Å²) in [5.41, 5.74) is 2.18. The molecule has 0 saturated carbocycles. The maximum Gasteiger partial charge on any atom is 0.0914 e. The first-order valence-electron chi connectivity index (χ1n) is 5.94. The molecular weight excluding hydrogens is 337 g/mol. The Morgan fingerprint density at radius 1 is 1.00 bits per heavy atom. The van der Waals surface area contributed by atoms with Crippen molar-refractivity contribution >= 4 is 22.6 Å². The molecule has 3 heteroatoms. The van der Waals surface area contributed by atoms with Gasteiger partial charge in [0.2, 0.25) is 0 Å². The van der Waals surface area contributed by atoms with Crippen molar-refractivity contribution in [2.24, 2.45) is 0 Å². The number of hydrogen-bond acceptors (Lipinski definition) is 2. The van der Waals surface area contributed by atoms with Crippen molar-refractivity contribution < 1.29 is 5.11 Å². The van der Waals surface area contributed by atoms with E-state index in [4.69, 9.17) is 0 Å². The summed E-state index contributed by atoms with van der Waals surface area (Å²) in [5, 5.41) is 13.2. The summed E-state index contributed by atoms with van der Waals surface area (Å²) >= 11 is 2.29. The van der Waals surface area contributed by atoms with Crippen LogP contribution in [0.3, 0.4) is 0 Å². The minimum atomic E-state index is -0.449. The van der Waals surface area contributed by atoms with Gasteiger partial charge in [0.15, 0.2) is 0 Å². The molecule has 0 aliphatic rings. The highest BCUT2D eigenvalue weighted by atomic mass is 127. The van der Waals surface area contributed by atoms with E-state index in [0.29, 0.717) is 6.54 Å². The highest BCUT2D eigenvalue weighted by Gasteiger charge is 2.05. The third-order valence-electron chi connectivity index (χ3n) is 2.76. The van der Waals surface area contributed by atoms with Gasteiger partial charge < -0.3 is 10.4 Å². The summed E-state index contributed by atoms with van der Waals surface area (Å²) in [7, 11) is 0. The molecular formula is C15H16INO. The van der Waals surface area contributed by atoms with Gasteiger partial charge in [-0.25, -0.2) is 0 Å². The lowest BCUT2D eigenvalue weighted by Gasteiger charge is -2.12.